The summed E-state index contributed by atoms with van der Waals surface area (Å²) in [6.07, 6.45) is -4.98. The summed E-state index contributed by atoms with van der Waals surface area (Å²) < 4.78 is 61.5. The molecule has 1 N–H and O–H groups in total. The van der Waals surface area contributed by atoms with E-state index in [0.29, 0.717) is 0 Å². The van der Waals surface area contributed by atoms with Crippen molar-refractivity contribution < 1.29 is 32.1 Å². The number of alkyl halides is 4. The minimum Gasteiger partial charge on any atom is -0.374 e. The fourth-order valence-corrected chi connectivity index (χ4v) is 1.71. The molecule has 1 aromatic rings. The lowest BCUT2D eigenvalue weighted by atomic mass is 10.1. The van der Waals surface area contributed by atoms with E-state index < -0.39 is 30.8 Å². The predicted molar refractivity (Wildman–Crippen MR) is 56.9 cm³/mol. The highest BCUT2D eigenvalue weighted by molar-refractivity contribution is 5.13. The third-order valence-corrected chi connectivity index (χ3v) is 2.83. The second-order valence-corrected chi connectivity index (χ2v) is 4.22. The largest absolute Gasteiger partial charge is 0.374 e. The van der Waals surface area contributed by atoms with Crippen molar-refractivity contribution in [2.45, 2.75) is 30.8 Å². The van der Waals surface area contributed by atoms with Crippen molar-refractivity contribution in [3.05, 3.63) is 35.9 Å². The van der Waals surface area contributed by atoms with Crippen LogP contribution >= 0.6 is 0 Å². The Morgan fingerprint density at radius 2 is 1.74 bits per heavy atom. The number of ether oxygens (including phenoxy) is 2. The molecule has 0 amide bonds. The average molecular weight is 280 g/mol. The van der Waals surface area contributed by atoms with Crippen LogP contribution in [0.5, 0.6) is 0 Å². The Morgan fingerprint density at radius 1 is 1.11 bits per heavy atom. The Hall–Kier alpha value is -1.18. The first-order valence-electron chi connectivity index (χ1n) is 5.56. The molecule has 0 spiro atoms. The Labute approximate surface area is 106 Å². The fraction of sp³-hybridized carbons (Fsp3) is 0.500. The second kappa shape index (κ2) is 5.07. The Morgan fingerprint density at radius 3 is 2.26 bits per heavy atom. The molecule has 3 nitrogen and oxygen atoms in total. The van der Waals surface area contributed by atoms with E-state index in [1.54, 1.807) is 30.3 Å². The summed E-state index contributed by atoms with van der Waals surface area (Å²) in [5, 5.41) is 8.77. The normalized spacial score (nSPS) is 28.5. The van der Waals surface area contributed by atoms with Crippen LogP contribution < -0.4 is 0 Å². The van der Waals surface area contributed by atoms with Gasteiger partial charge in [-0.3, -0.25) is 0 Å². The molecule has 1 saturated heterocycles. The molecule has 1 heterocycles. The van der Waals surface area contributed by atoms with Gasteiger partial charge >= 0.3 is 11.8 Å². The molecule has 1 aromatic carbocycles. The van der Waals surface area contributed by atoms with Crippen LogP contribution in [0.4, 0.5) is 17.6 Å². The highest BCUT2D eigenvalue weighted by atomic mass is 19.3. The van der Waals surface area contributed by atoms with Gasteiger partial charge in [0.15, 0.2) is 6.10 Å². The molecule has 0 saturated carbocycles. The summed E-state index contributed by atoms with van der Waals surface area (Å²) in [6.45, 7) is -0.729. The summed E-state index contributed by atoms with van der Waals surface area (Å²) in [5.74, 6) is -9.06. The van der Waals surface area contributed by atoms with Crippen molar-refractivity contribution in [1.82, 2.24) is 0 Å². The highest BCUT2D eigenvalue weighted by Gasteiger charge is 2.72. The zero-order valence-electron chi connectivity index (χ0n) is 9.73. The van der Waals surface area contributed by atoms with Crippen LogP contribution in [-0.4, -0.2) is 36.0 Å². The van der Waals surface area contributed by atoms with Crippen molar-refractivity contribution in [2.24, 2.45) is 0 Å². The van der Waals surface area contributed by atoms with Gasteiger partial charge in [-0.2, -0.15) is 17.6 Å². The summed E-state index contributed by atoms with van der Waals surface area (Å²) >= 11 is 0. The van der Waals surface area contributed by atoms with E-state index in [2.05, 4.69) is 4.74 Å². The maximum Gasteiger partial charge on any atom is 0.362 e. The van der Waals surface area contributed by atoms with Gasteiger partial charge in [-0.25, -0.2) is 0 Å². The van der Waals surface area contributed by atoms with E-state index >= 15 is 0 Å². The van der Waals surface area contributed by atoms with Gasteiger partial charge in [0.1, 0.15) is 0 Å². The number of aliphatic hydroxyl groups excluding tert-OH is 1. The van der Waals surface area contributed by atoms with Gasteiger partial charge in [0, 0.05) is 0 Å². The smallest absolute Gasteiger partial charge is 0.362 e. The zero-order valence-corrected chi connectivity index (χ0v) is 9.73. The van der Waals surface area contributed by atoms with E-state index in [1.807, 2.05) is 0 Å². The zero-order chi connectivity index (χ0) is 14.1. The Bertz CT molecular complexity index is 424. The van der Waals surface area contributed by atoms with Crippen LogP contribution in [0, 0.1) is 0 Å². The monoisotopic (exact) mass is 280 g/mol. The lowest BCUT2D eigenvalue weighted by molar-refractivity contribution is -0.234. The second-order valence-electron chi connectivity index (χ2n) is 4.22. The first-order chi connectivity index (χ1) is 8.85. The van der Waals surface area contributed by atoms with Gasteiger partial charge in [-0.1, -0.05) is 30.3 Å². The quantitative estimate of drug-likeness (QED) is 0.859. The molecule has 1 unspecified atom stereocenters. The maximum atomic E-state index is 13.2. The van der Waals surface area contributed by atoms with Crippen LogP contribution in [0.2, 0.25) is 0 Å². The van der Waals surface area contributed by atoms with Gasteiger partial charge < -0.3 is 14.6 Å². The molecule has 106 valence electrons. The number of hydrogen-bond acceptors (Lipinski definition) is 3. The minimum atomic E-state index is -4.60. The number of rotatable bonds is 4. The van der Waals surface area contributed by atoms with E-state index in [-0.39, 0.29) is 6.61 Å². The van der Waals surface area contributed by atoms with E-state index in [0.717, 1.165) is 5.56 Å². The van der Waals surface area contributed by atoms with Crippen LogP contribution in [0.15, 0.2) is 30.3 Å². The topological polar surface area (TPSA) is 38.7 Å². The number of aliphatic hydroxyl groups is 1. The molecule has 1 fully saturated rings. The van der Waals surface area contributed by atoms with Crippen molar-refractivity contribution in [2.75, 3.05) is 6.61 Å². The maximum absolute atomic E-state index is 13.2. The van der Waals surface area contributed by atoms with E-state index in [1.165, 1.54) is 0 Å². The summed E-state index contributed by atoms with van der Waals surface area (Å²) in [5.41, 5.74) is 0.719. The predicted octanol–water partition coefficient (Wildman–Crippen LogP) is 2.19. The highest BCUT2D eigenvalue weighted by Crippen LogP contribution is 2.47. The Balaban J connectivity index is 1.91. The van der Waals surface area contributed by atoms with Crippen molar-refractivity contribution in [3.63, 3.8) is 0 Å². The van der Waals surface area contributed by atoms with Gasteiger partial charge in [0.25, 0.3) is 0 Å². The molecular formula is C12H12F4O3. The molecule has 19 heavy (non-hydrogen) atoms. The van der Waals surface area contributed by atoms with Gasteiger partial charge in [0.2, 0.25) is 6.29 Å². The third-order valence-electron chi connectivity index (χ3n) is 2.83. The molecule has 2 rings (SSSR count). The molecule has 7 heteroatoms. The molecule has 0 aliphatic carbocycles. The first-order valence-corrected chi connectivity index (χ1v) is 5.56. The number of benzene rings is 1. The van der Waals surface area contributed by atoms with Gasteiger partial charge in [-0.05, 0) is 5.56 Å². The lowest BCUT2D eigenvalue weighted by Crippen LogP contribution is -2.47. The summed E-state index contributed by atoms with van der Waals surface area (Å²) in [4.78, 5) is 0. The molecule has 2 atom stereocenters. The Kier molecular flexibility index (Phi) is 3.80. The lowest BCUT2D eigenvalue weighted by Gasteiger charge is -2.21. The fourth-order valence-electron chi connectivity index (χ4n) is 1.71. The summed E-state index contributed by atoms with van der Waals surface area (Å²) in [7, 11) is 0. The molecule has 1 aliphatic rings. The number of hydrogen-bond donors (Lipinski definition) is 1. The molecule has 0 bridgehead atoms. The third kappa shape index (κ3) is 2.58. The van der Waals surface area contributed by atoms with Gasteiger partial charge in [-0.15, -0.1) is 0 Å². The molecule has 1 aliphatic heterocycles. The SMILES string of the molecule is OC1O[C@H](COCc2ccccc2)C(F)(F)C1(F)F. The van der Waals surface area contributed by atoms with Crippen LogP contribution in [-0.2, 0) is 16.1 Å². The van der Waals surface area contributed by atoms with Crippen LogP contribution in [0.3, 0.4) is 0 Å². The van der Waals surface area contributed by atoms with E-state index in [4.69, 9.17) is 9.84 Å². The molecule has 0 aromatic heterocycles. The van der Waals surface area contributed by atoms with Crippen molar-refractivity contribution >= 4 is 0 Å². The standard InChI is InChI=1S/C12H12F4O3/c13-11(14)9(19-10(17)12(11,15)16)7-18-6-8-4-2-1-3-5-8/h1-5,9-10,17H,6-7H2/t9-,10?/m1/s1. The summed E-state index contributed by atoms with van der Waals surface area (Å²) in [6, 6.07) is 8.65. The van der Waals surface area contributed by atoms with E-state index in [9.17, 15) is 17.6 Å². The average Bonchev–Trinajstić information content (AvgIpc) is 2.51. The molecular weight excluding hydrogens is 268 g/mol. The van der Waals surface area contributed by atoms with Crippen LogP contribution in [0.25, 0.3) is 0 Å². The van der Waals surface area contributed by atoms with Crippen molar-refractivity contribution in [1.29, 1.82) is 0 Å². The number of halogens is 4. The first kappa shape index (κ1) is 14.2. The van der Waals surface area contributed by atoms with Crippen molar-refractivity contribution in [3.8, 4) is 0 Å². The minimum absolute atomic E-state index is 0.00154. The van der Waals surface area contributed by atoms with Crippen LogP contribution in [0.1, 0.15) is 5.56 Å². The molecule has 0 radical (unpaired) electrons. The van der Waals surface area contributed by atoms with Gasteiger partial charge in [0.05, 0.1) is 13.2 Å².